The summed E-state index contributed by atoms with van der Waals surface area (Å²) in [5.41, 5.74) is -1.03. The van der Waals surface area contributed by atoms with Crippen molar-refractivity contribution in [3.63, 3.8) is 0 Å². The van der Waals surface area contributed by atoms with Crippen LogP contribution in [0, 0.1) is 0 Å². The molecule has 226 valence electrons. The second-order valence-electron chi connectivity index (χ2n) is 9.72. The molecule has 0 saturated heterocycles. The van der Waals surface area contributed by atoms with Crippen molar-refractivity contribution in [3.8, 4) is 0 Å². The van der Waals surface area contributed by atoms with Crippen molar-refractivity contribution in [1.82, 2.24) is 10.2 Å². The molecule has 0 aliphatic rings. The molecule has 0 radical (unpaired) electrons. The first kappa shape index (κ1) is 33.2. The summed E-state index contributed by atoms with van der Waals surface area (Å²) in [6, 6.07) is 14.0. The van der Waals surface area contributed by atoms with E-state index in [1.807, 2.05) is 0 Å². The van der Waals surface area contributed by atoms with Gasteiger partial charge >= 0.3 is 6.18 Å². The number of nitrogens with zero attached hydrogens (tertiary/aromatic N) is 2. The molecule has 0 saturated carbocycles. The van der Waals surface area contributed by atoms with Crippen LogP contribution in [-0.4, -0.2) is 43.8 Å². The summed E-state index contributed by atoms with van der Waals surface area (Å²) >= 11 is 12.4. The van der Waals surface area contributed by atoms with E-state index in [-0.39, 0.29) is 34.6 Å². The Balaban J connectivity index is 2.13. The van der Waals surface area contributed by atoms with E-state index < -0.39 is 46.2 Å². The first-order valence-corrected chi connectivity index (χ1v) is 15.1. The molecule has 3 aromatic rings. The van der Waals surface area contributed by atoms with E-state index in [1.165, 1.54) is 41.3 Å². The fourth-order valence-electron chi connectivity index (χ4n) is 4.22. The predicted octanol–water partition coefficient (Wildman–Crippen LogP) is 6.54. The van der Waals surface area contributed by atoms with Crippen molar-refractivity contribution in [1.29, 1.82) is 0 Å². The third-order valence-electron chi connectivity index (χ3n) is 6.24. The van der Waals surface area contributed by atoms with E-state index >= 15 is 0 Å². The average Bonchev–Trinajstić information content (AvgIpc) is 2.92. The van der Waals surface area contributed by atoms with Gasteiger partial charge in [-0.1, -0.05) is 60.5 Å². The molecule has 0 heterocycles. The first-order chi connectivity index (χ1) is 19.6. The van der Waals surface area contributed by atoms with Gasteiger partial charge in [0.2, 0.25) is 11.8 Å². The van der Waals surface area contributed by atoms with Gasteiger partial charge in [0.05, 0.1) is 16.1 Å². The minimum Gasteiger partial charge on any atom is -0.352 e. The fraction of sp³-hybridized carbons (Fsp3) is 0.310. The van der Waals surface area contributed by atoms with Crippen LogP contribution >= 0.6 is 23.2 Å². The van der Waals surface area contributed by atoms with E-state index in [0.717, 1.165) is 12.1 Å². The zero-order valence-corrected chi connectivity index (χ0v) is 25.4. The Hall–Kier alpha value is -3.28. The van der Waals surface area contributed by atoms with Gasteiger partial charge in [0, 0.05) is 22.6 Å². The summed E-state index contributed by atoms with van der Waals surface area (Å²) in [5.74, 6) is -1.31. The highest BCUT2D eigenvalue weighted by atomic mass is 35.5. The molecule has 3 rings (SSSR count). The minimum atomic E-state index is -4.76. The minimum absolute atomic E-state index is 0.157. The van der Waals surface area contributed by atoms with Gasteiger partial charge in [-0.3, -0.25) is 13.9 Å². The van der Waals surface area contributed by atoms with Gasteiger partial charge in [0.15, 0.2) is 0 Å². The molecule has 1 N–H and O–H groups in total. The lowest BCUT2D eigenvalue weighted by atomic mass is 10.1. The van der Waals surface area contributed by atoms with Gasteiger partial charge in [0.1, 0.15) is 12.6 Å². The maximum Gasteiger partial charge on any atom is 0.416 e. The third-order valence-corrected chi connectivity index (χ3v) is 8.62. The van der Waals surface area contributed by atoms with E-state index in [1.54, 1.807) is 39.0 Å². The molecule has 0 aliphatic carbocycles. The molecule has 13 heteroatoms. The van der Waals surface area contributed by atoms with E-state index in [9.17, 15) is 31.2 Å². The number of carbonyl (C=O) groups excluding carboxylic acids is 2. The molecular weight excluding hydrogens is 614 g/mol. The highest BCUT2D eigenvalue weighted by molar-refractivity contribution is 7.92. The quantitative estimate of drug-likeness (QED) is 0.257. The number of anilines is 1. The van der Waals surface area contributed by atoms with Crippen molar-refractivity contribution in [2.24, 2.45) is 0 Å². The zero-order valence-electron chi connectivity index (χ0n) is 23.0. The normalized spacial score (nSPS) is 12.6. The number of rotatable bonds is 11. The predicted molar refractivity (Wildman–Crippen MR) is 157 cm³/mol. The standard InChI is InChI=1S/C29H30Cl2F3N3O4S/c1-4-26(28(39)35-19(2)3)36(17-20-13-14-22(30)16-25(20)31)27(38)18-37(42(40,41)24-11-6-5-7-12-24)23-10-8-9-21(15-23)29(32,33)34/h5-16,19,26H,4,17-18H2,1-3H3,(H,35,39)/t26-/m1/s1. The monoisotopic (exact) mass is 643 g/mol. The maximum atomic E-state index is 14.0. The Morgan fingerprint density at radius 3 is 2.19 bits per heavy atom. The number of halogens is 5. The van der Waals surface area contributed by atoms with E-state index in [0.29, 0.717) is 21.0 Å². The van der Waals surface area contributed by atoms with Crippen LogP contribution in [-0.2, 0) is 32.3 Å². The van der Waals surface area contributed by atoms with Crippen LogP contribution in [0.5, 0.6) is 0 Å². The number of amides is 2. The number of hydrogen-bond donors (Lipinski definition) is 1. The molecular formula is C29H30Cl2F3N3O4S. The van der Waals surface area contributed by atoms with Crippen LogP contribution in [0.2, 0.25) is 10.0 Å². The van der Waals surface area contributed by atoms with Crippen LogP contribution < -0.4 is 9.62 Å². The number of sulfonamides is 1. The van der Waals surface area contributed by atoms with Crippen LogP contribution in [0.1, 0.15) is 38.3 Å². The van der Waals surface area contributed by atoms with Crippen LogP contribution in [0.15, 0.2) is 77.7 Å². The Bertz CT molecular complexity index is 1520. The number of nitrogens with one attached hydrogen (secondary N) is 1. The molecule has 3 aromatic carbocycles. The maximum absolute atomic E-state index is 14.0. The molecule has 0 fully saturated rings. The van der Waals surface area contributed by atoms with E-state index in [4.69, 9.17) is 23.2 Å². The van der Waals surface area contributed by atoms with Crippen LogP contribution in [0.25, 0.3) is 0 Å². The number of hydrogen-bond acceptors (Lipinski definition) is 4. The molecule has 1 atom stereocenters. The van der Waals surface area contributed by atoms with Gasteiger partial charge in [-0.2, -0.15) is 13.2 Å². The zero-order chi connectivity index (χ0) is 31.2. The molecule has 0 unspecified atom stereocenters. The first-order valence-electron chi connectivity index (χ1n) is 12.9. The second-order valence-corrected chi connectivity index (χ2v) is 12.4. The van der Waals surface area contributed by atoms with Gasteiger partial charge in [-0.05, 0) is 68.3 Å². The topological polar surface area (TPSA) is 86.8 Å². The molecule has 0 bridgehead atoms. The number of benzene rings is 3. The second kappa shape index (κ2) is 13.8. The van der Waals surface area contributed by atoms with Gasteiger partial charge in [0.25, 0.3) is 10.0 Å². The Morgan fingerprint density at radius 1 is 0.952 bits per heavy atom. The number of alkyl halides is 3. The van der Waals surface area contributed by atoms with Crippen molar-refractivity contribution >= 4 is 50.7 Å². The van der Waals surface area contributed by atoms with Crippen molar-refractivity contribution in [3.05, 3.63) is 94.0 Å². The highest BCUT2D eigenvalue weighted by Crippen LogP contribution is 2.33. The lowest BCUT2D eigenvalue weighted by Crippen LogP contribution is -2.53. The molecule has 42 heavy (non-hydrogen) atoms. The lowest BCUT2D eigenvalue weighted by Gasteiger charge is -2.34. The summed E-state index contributed by atoms with van der Waals surface area (Å²) in [7, 11) is -4.53. The summed E-state index contributed by atoms with van der Waals surface area (Å²) in [6.45, 7) is 4.08. The van der Waals surface area contributed by atoms with Crippen molar-refractivity contribution in [2.45, 2.75) is 56.9 Å². The van der Waals surface area contributed by atoms with Crippen molar-refractivity contribution < 1.29 is 31.2 Å². The summed E-state index contributed by atoms with van der Waals surface area (Å²) in [4.78, 5) is 28.1. The van der Waals surface area contributed by atoms with Crippen LogP contribution in [0.4, 0.5) is 18.9 Å². The van der Waals surface area contributed by atoms with E-state index in [2.05, 4.69) is 5.32 Å². The molecule has 2 amide bonds. The summed E-state index contributed by atoms with van der Waals surface area (Å²) in [5, 5.41) is 3.32. The van der Waals surface area contributed by atoms with Gasteiger partial charge in [-0.15, -0.1) is 0 Å². The molecule has 0 spiro atoms. The Kier molecular flexibility index (Phi) is 10.9. The fourth-order valence-corrected chi connectivity index (χ4v) is 6.11. The van der Waals surface area contributed by atoms with Crippen molar-refractivity contribution in [2.75, 3.05) is 10.8 Å². The molecule has 0 aliphatic heterocycles. The molecule has 7 nitrogen and oxygen atoms in total. The molecule has 0 aromatic heterocycles. The average molecular weight is 645 g/mol. The largest absolute Gasteiger partial charge is 0.416 e. The Labute approximate surface area is 253 Å². The van der Waals surface area contributed by atoms with Gasteiger partial charge in [-0.25, -0.2) is 8.42 Å². The third kappa shape index (κ3) is 8.17. The highest BCUT2D eigenvalue weighted by Gasteiger charge is 2.36. The van der Waals surface area contributed by atoms with Gasteiger partial charge < -0.3 is 10.2 Å². The van der Waals surface area contributed by atoms with Crippen LogP contribution in [0.3, 0.4) is 0 Å². The smallest absolute Gasteiger partial charge is 0.352 e. The Morgan fingerprint density at radius 2 is 1.62 bits per heavy atom. The number of carbonyl (C=O) groups is 2. The SMILES string of the molecule is CC[C@H](C(=O)NC(C)C)N(Cc1ccc(Cl)cc1Cl)C(=O)CN(c1cccc(C(F)(F)F)c1)S(=O)(=O)c1ccccc1. The summed E-state index contributed by atoms with van der Waals surface area (Å²) < 4.78 is 68.9. The summed E-state index contributed by atoms with van der Waals surface area (Å²) in [6.07, 6.45) is -4.60. The lowest BCUT2D eigenvalue weighted by molar-refractivity contribution is -0.140.